The van der Waals surface area contributed by atoms with Gasteiger partial charge in [0.1, 0.15) is 0 Å². The number of carbonyl (C=O) groups is 1. The molecule has 0 bridgehead atoms. The number of thioether (sulfide) groups is 1. The molecule has 5 heteroatoms. The molecular weight excluding hydrogens is 270 g/mol. The molecule has 1 amide bonds. The lowest BCUT2D eigenvalue weighted by molar-refractivity contribution is 0.0956. The van der Waals surface area contributed by atoms with Gasteiger partial charge in [-0.05, 0) is 29.8 Å². The van der Waals surface area contributed by atoms with Crippen LogP contribution in [0.3, 0.4) is 0 Å². The summed E-state index contributed by atoms with van der Waals surface area (Å²) in [6.45, 7) is 0.583. The Morgan fingerprint density at radius 2 is 2.06 bits per heavy atom. The average Bonchev–Trinajstić information content (AvgIpc) is 2.82. The minimum absolute atomic E-state index is 0.128. The van der Waals surface area contributed by atoms with E-state index in [1.165, 1.54) is 11.2 Å². The molecule has 0 aliphatic heterocycles. The third-order valence-corrected chi connectivity index (χ3v) is 3.57. The normalized spacial score (nSPS) is 10.3. The standard InChI is InChI=1S/C13H12ClNO2S/c14-12-11(6-8-17-12)13(16)15-7-9-18-10-4-2-1-3-5-10/h1-6,8H,7,9H2,(H,15,16). The van der Waals surface area contributed by atoms with Crippen molar-refractivity contribution in [3.05, 3.63) is 53.4 Å². The lowest BCUT2D eigenvalue weighted by Crippen LogP contribution is -2.25. The summed E-state index contributed by atoms with van der Waals surface area (Å²) in [6, 6.07) is 11.6. The van der Waals surface area contributed by atoms with Gasteiger partial charge in [0.25, 0.3) is 5.91 Å². The topological polar surface area (TPSA) is 42.2 Å². The van der Waals surface area contributed by atoms with Crippen molar-refractivity contribution in [3.63, 3.8) is 0 Å². The third-order valence-electron chi connectivity index (χ3n) is 2.26. The first-order chi connectivity index (χ1) is 8.77. The molecular formula is C13H12ClNO2S. The number of rotatable bonds is 5. The van der Waals surface area contributed by atoms with Crippen LogP contribution in [-0.2, 0) is 0 Å². The zero-order valence-electron chi connectivity index (χ0n) is 9.56. The maximum absolute atomic E-state index is 11.7. The van der Waals surface area contributed by atoms with Crippen molar-refractivity contribution in [2.24, 2.45) is 0 Å². The summed E-state index contributed by atoms with van der Waals surface area (Å²) in [5, 5.41) is 2.92. The van der Waals surface area contributed by atoms with Gasteiger partial charge in [0.15, 0.2) is 0 Å². The van der Waals surface area contributed by atoms with Crippen LogP contribution in [0.15, 0.2) is 52.0 Å². The van der Waals surface area contributed by atoms with E-state index >= 15 is 0 Å². The minimum atomic E-state index is -0.206. The molecule has 1 N–H and O–H groups in total. The van der Waals surface area contributed by atoms with Crippen LogP contribution < -0.4 is 5.32 Å². The van der Waals surface area contributed by atoms with Gasteiger partial charge in [-0.25, -0.2) is 0 Å². The van der Waals surface area contributed by atoms with E-state index in [1.807, 2.05) is 30.3 Å². The van der Waals surface area contributed by atoms with Gasteiger partial charge in [-0.1, -0.05) is 18.2 Å². The Kier molecular flexibility index (Phi) is 4.73. The molecule has 2 rings (SSSR count). The van der Waals surface area contributed by atoms with E-state index in [0.717, 1.165) is 5.75 Å². The molecule has 18 heavy (non-hydrogen) atoms. The summed E-state index contributed by atoms with van der Waals surface area (Å²) >= 11 is 7.40. The van der Waals surface area contributed by atoms with Gasteiger partial charge < -0.3 is 9.73 Å². The second-order valence-corrected chi connectivity index (χ2v) is 5.04. The molecule has 1 aromatic carbocycles. The third kappa shape index (κ3) is 3.55. The number of carbonyl (C=O) groups excluding carboxylic acids is 1. The molecule has 0 radical (unpaired) electrons. The summed E-state index contributed by atoms with van der Waals surface area (Å²) in [6.07, 6.45) is 1.40. The molecule has 0 spiro atoms. The molecule has 1 aromatic heterocycles. The second-order valence-electron chi connectivity index (χ2n) is 3.53. The van der Waals surface area contributed by atoms with Crippen molar-refractivity contribution in [3.8, 4) is 0 Å². The lowest BCUT2D eigenvalue weighted by atomic mass is 10.3. The largest absolute Gasteiger partial charge is 0.452 e. The van der Waals surface area contributed by atoms with E-state index in [-0.39, 0.29) is 11.1 Å². The molecule has 1 heterocycles. The Labute approximate surface area is 115 Å². The van der Waals surface area contributed by atoms with Crippen molar-refractivity contribution < 1.29 is 9.21 Å². The maximum Gasteiger partial charge on any atom is 0.256 e. The van der Waals surface area contributed by atoms with Gasteiger partial charge in [-0.2, -0.15) is 0 Å². The van der Waals surface area contributed by atoms with Crippen LogP contribution in [0.4, 0.5) is 0 Å². The Morgan fingerprint density at radius 3 is 2.72 bits per heavy atom. The highest BCUT2D eigenvalue weighted by molar-refractivity contribution is 7.99. The van der Waals surface area contributed by atoms with E-state index in [0.29, 0.717) is 12.1 Å². The first-order valence-electron chi connectivity index (χ1n) is 5.46. The average molecular weight is 282 g/mol. The molecule has 0 fully saturated rings. The zero-order valence-corrected chi connectivity index (χ0v) is 11.1. The van der Waals surface area contributed by atoms with E-state index in [9.17, 15) is 4.79 Å². The van der Waals surface area contributed by atoms with Crippen LogP contribution >= 0.6 is 23.4 Å². The number of furan rings is 1. The van der Waals surface area contributed by atoms with Crippen LogP contribution in [0.25, 0.3) is 0 Å². The smallest absolute Gasteiger partial charge is 0.256 e. The van der Waals surface area contributed by atoms with Crippen LogP contribution in [0, 0.1) is 0 Å². The molecule has 0 aliphatic rings. The molecule has 0 unspecified atom stereocenters. The van der Waals surface area contributed by atoms with E-state index < -0.39 is 0 Å². The van der Waals surface area contributed by atoms with Gasteiger partial charge in [0, 0.05) is 17.2 Å². The maximum atomic E-state index is 11.7. The number of hydrogen-bond donors (Lipinski definition) is 1. The van der Waals surface area contributed by atoms with Gasteiger partial charge in [-0.15, -0.1) is 11.8 Å². The molecule has 0 aliphatic carbocycles. The molecule has 0 saturated heterocycles. The monoisotopic (exact) mass is 281 g/mol. The van der Waals surface area contributed by atoms with E-state index in [2.05, 4.69) is 5.32 Å². The van der Waals surface area contributed by atoms with E-state index in [4.69, 9.17) is 16.0 Å². The fraction of sp³-hybridized carbons (Fsp3) is 0.154. The minimum Gasteiger partial charge on any atom is -0.452 e. The SMILES string of the molecule is O=C(NCCSc1ccccc1)c1ccoc1Cl. The van der Waals surface area contributed by atoms with Crippen LogP contribution in [0.1, 0.15) is 10.4 Å². The molecule has 94 valence electrons. The first kappa shape index (κ1) is 13.1. The summed E-state index contributed by atoms with van der Waals surface area (Å²) in [5.41, 5.74) is 0.376. The predicted molar refractivity (Wildman–Crippen MR) is 73.2 cm³/mol. The summed E-state index contributed by atoms with van der Waals surface area (Å²) in [7, 11) is 0. The van der Waals surface area contributed by atoms with E-state index in [1.54, 1.807) is 17.8 Å². The predicted octanol–water partition coefficient (Wildman–Crippen LogP) is 3.46. The van der Waals surface area contributed by atoms with Crippen LogP contribution in [0.5, 0.6) is 0 Å². The quantitative estimate of drug-likeness (QED) is 0.674. The fourth-order valence-electron chi connectivity index (χ4n) is 1.40. The van der Waals surface area contributed by atoms with Crippen molar-refractivity contribution in [1.29, 1.82) is 0 Å². The van der Waals surface area contributed by atoms with Crippen LogP contribution in [-0.4, -0.2) is 18.2 Å². The highest BCUT2D eigenvalue weighted by atomic mass is 35.5. The summed E-state index contributed by atoms with van der Waals surface area (Å²) in [5.74, 6) is 0.605. The summed E-state index contributed by atoms with van der Waals surface area (Å²) in [4.78, 5) is 12.9. The Morgan fingerprint density at radius 1 is 1.28 bits per heavy atom. The van der Waals surface area contributed by atoms with Crippen molar-refractivity contribution >= 4 is 29.3 Å². The number of benzene rings is 1. The van der Waals surface area contributed by atoms with Crippen molar-refractivity contribution in [1.82, 2.24) is 5.32 Å². The highest BCUT2D eigenvalue weighted by Gasteiger charge is 2.11. The number of halogens is 1. The van der Waals surface area contributed by atoms with Gasteiger partial charge >= 0.3 is 0 Å². The van der Waals surface area contributed by atoms with Crippen molar-refractivity contribution in [2.45, 2.75) is 4.90 Å². The summed E-state index contributed by atoms with van der Waals surface area (Å²) < 4.78 is 4.86. The van der Waals surface area contributed by atoms with Crippen LogP contribution in [0.2, 0.25) is 5.22 Å². The Hall–Kier alpha value is -1.39. The fourth-order valence-corrected chi connectivity index (χ4v) is 2.39. The molecule has 0 atom stereocenters. The van der Waals surface area contributed by atoms with Gasteiger partial charge in [-0.3, -0.25) is 4.79 Å². The second kappa shape index (κ2) is 6.52. The number of nitrogens with one attached hydrogen (secondary N) is 1. The Bertz CT molecular complexity index is 513. The highest BCUT2D eigenvalue weighted by Crippen LogP contribution is 2.17. The van der Waals surface area contributed by atoms with Crippen molar-refractivity contribution in [2.75, 3.05) is 12.3 Å². The Balaban J connectivity index is 1.73. The number of hydrogen-bond acceptors (Lipinski definition) is 3. The van der Waals surface area contributed by atoms with Gasteiger partial charge in [0.2, 0.25) is 5.22 Å². The number of amides is 1. The molecule has 2 aromatic rings. The molecule has 3 nitrogen and oxygen atoms in total. The first-order valence-corrected chi connectivity index (χ1v) is 6.83. The lowest BCUT2D eigenvalue weighted by Gasteiger charge is -2.03. The molecule has 0 saturated carbocycles. The zero-order chi connectivity index (χ0) is 12.8. The van der Waals surface area contributed by atoms with Gasteiger partial charge in [0.05, 0.1) is 11.8 Å².